The van der Waals surface area contributed by atoms with Crippen molar-refractivity contribution < 1.29 is 9.84 Å². The maximum Gasteiger partial charge on any atom is 0.278 e. The molecule has 1 N–H and O–H groups in total. The van der Waals surface area contributed by atoms with Crippen molar-refractivity contribution >= 4 is 10.8 Å². The lowest BCUT2D eigenvalue weighted by Gasteiger charge is -2.28. The molecule has 0 aliphatic carbocycles. The average molecular weight is 310 g/mol. The molecule has 0 radical (unpaired) electrons. The molecule has 0 saturated carbocycles. The van der Waals surface area contributed by atoms with Gasteiger partial charge in [-0.05, 0) is 35.9 Å². The molecule has 1 unspecified atom stereocenters. The molecular formula is C17H14N2O4. The summed E-state index contributed by atoms with van der Waals surface area (Å²) in [5.41, 5.74) is 0.636. The second-order valence-corrected chi connectivity index (χ2v) is 5.49. The third kappa shape index (κ3) is 1.85. The molecule has 0 fully saturated rings. The number of nitrogens with zero attached hydrogens (tertiary/aromatic N) is 2. The van der Waals surface area contributed by atoms with Crippen molar-refractivity contribution in [2.75, 3.05) is 7.11 Å². The number of benzene rings is 2. The van der Waals surface area contributed by atoms with E-state index in [1.54, 1.807) is 49.6 Å². The number of aromatic nitrogens is 2. The van der Waals surface area contributed by atoms with E-state index in [4.69, 9.17) is 4.74 Å². The number of rotatable bonds is 1. The van der Waals surface area contributed by atoms with Gasteiger partial charge in [0, 0.05) is 6.42 Å². The van der Waals surface area contributed by atoms with E-state index in [-0.39, 0.29) is 17.5 Å². The van der Waals surface area contributed by atoms with Crippen LogP contribution in [0.2, 0.25) is 0 Å². The molecule has 116 valence electrons. The van der Waals surface area contributed by atoms with Gasteiger partial charge in [-0.2, -0.15) is 0 Å². The quantitative estimate of drug-likeness (QED) is 0.733. The number of aliphatic hydroxyl groups is 1. The van der Waals surface area contributed by atoms with Gasteiger partial charge in [0.25, 0.3) is 11.1 Å². The minimum Gasteiger partial charge on any atom is -0.497 e. The SMILES string of the molecule is COc1ccc2c(c1)CC(O)n1c(=O)c3ccccc3c(=O)n1-2. The molecule has 0 bridgehead atoms. The molecular weight excluding hydrogens is 296 g/mol. The third-order valence-electron chi connectivity index (χ3n) is 4.20. The van der Waals surface area contributed by atoms with E-state index in [0.717, 1.165) is 10.2 Å². The van der Waals surface area contributed by atoms with Crippen molar-refractivity contribution in [2.45, 2.75) is 12.6 Å². The first-order valence-corrected chi connectivity index (χ1v) is 7.24. The van der Waals surface area contributed by atoms with Crippen molar-refractivity contribution in [2.24, 2.45) is 0 Å². The molecule has 1 aliphatic rings. The van der Waals surface area contributed by atoms with Gasteiger partial charge in [-0.15, -0.1) is 0 Å². The van der Waals surface area contributed by atoms with Crippen LogP contribution in [0.3, 0.4) is 0 Å². The van der Waals surface area contributed by atoms with Crippen LogP contribution in [0.5, 0.6) is 5.75 Å². The van der Waals surface area contributed by atoms with Crippen LogP contribution in [0.25, 0.3) is 16.5 Å². The first-order chi connectivity index (χ1) is 11.1. The molecule has 6 nitrogen and oxygen atoms in total. The van der Waals surface area contributed by atoms with Gasteiger partial charge >= 0.3 is 0 Å². The van der Waals surface area contributed by atoms with Gasteiger partial charge in [-0.3, -0.25) is 9.59 Å². The summed E-state index contributed by atoms with van der Waals surface area (Å²) in [6.07, 6.45) is -0.857. The highest BCUT2D eigenvalue weighted by molar-refractivity contribution is 5.80. The maximum atomic E-state index is 12.8. The summed E-state index contributed by atoms with van der Waals surface area (Å²) >= 11 is 0. The van der Waals surface area contributed by atoms with Gasteiger partial charge in [0.1, 0.15) is 5.75 Å². The van der Waals surface area contributed by atoms with Crippen molar-refractivity contribution in [3.8, 4) is 11.4 Å². The zero-order chi connectivity index (χ0) is 16.1. The summed E-state index contributed by atoms with van der Waals surface area (Å²) in [6, 6.07) is 11.9. The van der Waals surface area contributed by atoms with Gasteiger partial charge in [0.05, 0.1) is 23.6 Å². The lowest BCUT2D eigenvalue weighted by atomic mass is 10.1. The van der Waals surface area contributed by atoms with Crippen LogP contribution < -0.4 is 15.9 Å². The Bertz CT molecular complexity index is 1050. The Morgan fingerprint density at radius 3 is 2.48 bits per heavy atom. The molecule has 23 heavy (non-hydrogen) atoms. The van der Waals surface area contributed by atoms with E-state index >= 15 is 0 Å². The fourth-order valence-corrected chi connectivity index (χ4v) is 3.12. The summed E-state index contributed by atoms with van der Waals surface area (Å²) < 4.78 is 7.57. The second-order valence-electron chi connectivity index (χ2n) is 5.49. The van der Waals surface area contributed by atoms with E-state index < -0.39 is 6.23 Å². The number of hydrogen-bond donors (Lipinski definition) is 1. The van der Waals surface area contributed by atoms with Crippen LogP contribution in [0.4, 0.5) is 0 Å². The normalized spacial score (nSPS) is 16.0. The van der Waals surface area contributed by atoms with E-state index in [1.807, 2.05) is 0 Å². The topological polar surface area (TPSA) is 73.5 Å². The fraction of sp³-hybridized carbons (Fsp3) is 0.176. The van der Waals surface area contributed by atoms with E-state index in [9.17, 15) is 14.7 Å². The molecule has 2 heterocycles. The van der Waals surface area contributed by atoms with Crippen LogP contribution in [-0.4, -0.2) is 21.6 Å². The third-order valence-corrected chi connectivity index (χ3v) is 4.20. The molecule has 0 saturated heterocycles. The number of hydrogen-bond acceptors (Lipinski definition) is 4. The lowest BCUT2D eigenvalue weighted by molar-refractivity contribution is 0.0704. The van der Waals surface area contributed by atoms with Crippen molar-refractivity contribution in [3.05, 3.63) is 68.7 Å². The number of fused-ring (bicyclic) bond motifs is 4. The molecule has 1 aliphatic heterocycles. The Balaban J connectivity index is 2.17. The Hall–Kier alpha value is -2.86. The smallest absolute Gasteiger partial charge is 0.278 e. The van der Waals surface area contributed by atoms with Crippen LogP contribution in [-0.2, 0) is 6.42 Å². The number of aliphatic hydroxyl groups excluding tert-OH is 1. The number of ether oxygens (including phenoxy) is 1. The summed E-state index contributed by atoms with van der Waals surface area (Å²) in [5, 5.41) is 11.0. The van der Waals surface area contributed by atoms with Gasteiger partial charge in [0.2, 0.25) is 0 Å². The zero-order valence-electron chi connectivity index (χ0n) is 12.4. The zero-order valence-corrected chi connectivity index (χ0v) is 12.4. The molecule has 0 amide bonds. The molecule has 2 aromatic carbocycles. The Labute approximate surface area is 130 Å². The lowest BCUT2D eigenvalue weighted by Crippen LogP contribution is -2.43. The minimum absolute atomic E-state index is 0.240. The van der Waals surface area contributed by atoms with E-state index in [2.05, 4.69) is 0 Å². The fourth-order valence-electron chi connectivity index (χ4n) is 3.12. The van der Waals surface area contributed by atoms with Crippen LogP contribution in [0.1, 0.15) is 11.8 Å². The Morgan fingerprint density at radius 2 is 1.78 bits per heavy atom. The van der Waals surface area contributed by atoms with Crippen LogP contribution >= 0.6 is 0 Å². The first-order valence-electron chi connectivity index (χ1n) is 7.24. The highest BCUT2D eigenvalue weighted by Crippen LogP contribution is 2.27. The van der Waals surface area contributed by atoms with Gasteiger partial charge < -0.3 is 9.84 Å². The monoisotopic (exact) mass is 310 g/mol. The average Bonchev–Trinajstić information content (AvgIpc) is 2.58. The van der Waals surface area contributed by atoms with Crippen LogP contribution in [0.15, 0.2) is 52.1 Å². The summed E-state index contributed by atoms with van der Waals surface area (Å²) in [7, 11) is 1.55. The number of methoxy groups -OCH3 is 1. The van der Waals surface area contributed by atoms with Crippen molar-refractivity contribution in [1.29, 1.82) is 0 Å². The predicted molar refractivity (Wildman–Crippen MR) is 85.3 cm³/mol. The Morgan fingerprint density at radius 1 is 1.09 bits per heavy atom. The van der Waals surface area contributed by atoms with Gasteiger partial charge in [-0.25, -0.2) is 9.36 Å². The standard InChI is InChI=1S/C17H14N2O4/c1-23-11-6-7-14-10(8-11)9-15(20)19-17(22)13-5-3-2-4-12(13)16(21)18(14)19/h2-8,15,20H,9H2,1H3. The second kappa shape index (κ2) is 4.82. The predicted octanol–water partition coefficient (Wildman–Crippen LogP) is 1.21. The summed E-state index contributed by atoms with van der Waals surface area (Å²) in [6.45, 7) is 0. The molecule has 3 aromatic rings. The van der Waals surface area contributed by atoms with Crippen LogP contribution in [0, 0.1) is 0 Å². The minimum atomic E-state index is -1.10. The molecule has 6 heteroatoms. The highest BCUT2D eigenvalue weighted by atomic mass is 16.5. The summed E-state index contributed by atoms with van der Waals surface area (Å²) in [5.74, 6) is 0.639. The first kappa shape index (κ1) is 13.8. The van der Waals surface area contributed by atoms with E-state index in [1.165, 1.54) is 4.68 Å². The molecule has 0 spiro atoms. The van der Waals surface area contributed by atoms with Crippen molar-refractivity contribution in [1.82, 2.24) is 9.36 Å². The Kier molecular flexibility index (Phi) is 2.89. The largest absolute Gasteiger partial charge is 0.497 e. The maximum absolute atomic E-state index is 12.8. The highest BCUT2D eigenvalue weighted by Gasteiger charge is 2.26. The van der Waals surface area contributed by atoms with Gasteiger partial charge in [0.15, 0.2) is 6.23 Å². The molecule has 4 rings (SSSR count). The van der Waals surface area contributed by atoms with Gasteiger partial charge in [-0.1, -0.05) is 12.1 Å². The molecule has 1 aromatic heterocycles. The molecule has 1 atom stereocenters. The van der Waals surface area contributed by atoms with E-state index in [0.29, 0.717) is 22.2 Å². The summed E-state index contributed by atoms with van der Waals surface area (Å²) in [4.78, 5) is 25.5. The van der Waals surface area contributed by atoms with Crippen molar-refractivity contribution in [3.63, 3.8) is 0 Å².